The zero-order chi connectivity index (χ0) is 16.1. The molecule has 0 radical (unpaired) electrons. The highest BCUT2D eigenvalue weighted by Gasteiger charge is 2.20. The Morgan fingerprint density at radius 3 is 2.42 bits per heavy atom. The van der Waals surface area contributed by atoms with E-state index in [1.807, 2.05) is 29.9 Å². The third-order valence-electron chi connectivity index (χ3n) is 4.97. The fraction of sp³-hybridized carbons (Fsp3) is 0.450. The maximum absolute atomic E-state index is 12.2. The minimum Gasteiger partial charge on any atom is -0.348 e. The van der Waals surface area contributed by atoms with Crippen LogP contribution in [0.3, 0.4) is 0 Å². The molecule has 2 aromatic rings. The lowest BCUT2D eigenvalue weighted by molar-refractivity contribution is 0.0953. The van der Waals surface area contributed by atoms with E-state index in [2.05, 4.69) is 35.2 Å². The summed E-state index contributed by atoms with van der Waals surface area (Å²) >= 11 is 0. The monoisotopic (exact) mass is 346 g/mol. The molecule has 0 bridgehead atoms. The second-order valence-corrected chi connectivity index (χ2v) is 6.67. The zero-order valence-corrected chi connectivity index (χ0v) is 15.2. The molecule has 3 nitrogen and oxygen atoms in total. The van der Waals surface area contributed by atoms with Crippen molar-refractivity contribution >= 4 is 18.2 Å². The molecule has 0 aliphatic carbocycles. The minimum absolute atomic E-state index is 0. The third kappa shape index (κ3) is 4.96. The number of likely N-dealkylation sites (tertiary alicyclic amines) is 1. The van der Waals surface area contributed by atoms with Gasteiger partial charge in [-0.25, -0.2) is 0 Å². The molecule has 2 heterocycles. The van der Waals surface area contributed by atoms with Gasteiger partial charge in [-0.1, -0.05) is 30.3 Å². The standard InChI is InChI=1S/C20H26N2O.ClH/c1-21-13-5-8-19(21)20(23)10-9-17-11-14-22(15-12-17)16-18-6-3-2-4-7-18;/h2-8,13,17H,9-12,14-16H2,1H3;1H. The number of hydrogen-bond acceptors (Lipinski definition) is 2. The van der Waals surface area contributed by atoms with Gasteiger partial charge in [-0.3, -0.25) is 9.69 Å². The Hall–Kier alpha value is -1.58. The Morgan fingerprint density at radius 1 is 1.08 bits per heavy atom. The SMILES string of the molecule is Cl.Cn1cccc1C(=O)CCC1CCN(Cc2ccccc2)CC1. The Labute approximate surface area is 151 Å². The van der Waals surface area contributed by atoms with Gasteiger partial charge in [-0.2, -0.15) is 0 Å². The Kier molecular flexibility index (Phi) is 7.07. The summed E-state index contributed by atoms with van der Waals surface area (Å²) < 4.78 is 1.92. The van der Waals surface area contributed by atoms with Gasteiger partial charge in [0.15, 0.2) is 5.78 Å². The molecule has 3 rings (SSSR count). The van der Waals surface area contributed by atoms with E-state index in [1.54, 1.807) is 0 Å². The molecule has 0 amide bonds. The molecule has 1 fully saturated rings. The van der Waals surface area contributed by atoms with Crippen molar-refractivity contribution in [2.75, 3.05) is 13.1 Å². The smallest absolute Gasteiger partial charge is 0.179 e. The van der Waals surface area contributed by atoms with Crippen molar-refractivity contribution in [3.05, 3.63) is 59.9 Å². The number of ketones is 1. The number of piperidine rings is 1. The summed E-state index contributed by atoms with van der Waals surface area (Å²) in [7, 11) is 1.94. The van der Waals surface area contributed by atoms with Gasteiger partial charge in [0.05, 0.1) is 5.69 Å². The lowest BCUT2D eigenvalue weighted by Crippen LogP contribution is -2.33. The average Bonchev–Trinajstić information content (AvgIpc) is 3.01. The number of hydrogen-bond donors (Lipinski definition) is 0. The highest BCUT2D eigenvalue weighted by Crippen LogP contribution is 2.24. The molecule has 0 N–H and O–H groups in total. The molecular formula is C20H27ClN2O. The van der Waals surface area contributed by atoms with E-state index in [9.17, 15) is 4.79 Å². The number of carbonyl (C=O) groups excluding carboxylic acids is 1. The first kappa shape index (κ1) is 18.8. The molecule has 1 aliphatic heterocycles. The van der Waals surface area contributed by atoms with Crippen LogP contribution >= 0.6 is 12.4 Å². The number of aryl methyl sites for hydroxylation is 1. The Bertz CT molecular complexity index is 630. The largest absolute Gasteiger partial charge is 0.348 e. The van der Waals surface area contributed by atoms with Gasteiger partial charge in [0.25, 0.3) is 0 Å². The van der Waals surface area contributed by atoms with Crippen LogP contribution in [0.4, 0.5) is 0 Å². The maximum Gasteiger partial charge on any atom is 0.179 e. The van der Waals surface area contributed by atoms with E-state index >= 15 is 0 Å². The molecule has 24 heavy (non-hydrogen) atoms. The van der Waals surface area contributed by atoms with E-state index in [1.165, 1.54) is 18.4 Å². The van der Waals surface area contributed by atoms with Crippen LogP contribution < -0.4 is 0 Å². The van der Waals surface area contributed by atoms with Gasteiger partial charge >= 0.3 is 0 Å². The lowest BCUT2D eigenvalue weighted by atomic mass is 9.91. The van der Waals surface area contributed by atoms with Crippen molar-refractivity contribution in [1.29, 1.82) is 0 Å². The van der Waals surface area contributed by atoms with Gasteiger partial charge in [0.2, 0.25) is 0 Å². The van der Waals surface area contributed by atoms with Crippen LogP contribution in [-0.2, 0) is 13.6 Å². The molecule has 1 aromatic carbocycles. The second kappa shape index (κ2) is 9.05. The van der Waals surface area contributed by atoms with Gasteiger partial charge < -0.3 is 4.57 Å². The molecular weight excluding hydrogens is 320 g/mol. The fourth-order valence-electron chi connectivity index (χ4n) is 3.49. The number of rotatable bonds is 6. The Balaban J connectivity index is 0.00000208. The van der Waals surface area contributed by atoms with Crippen LogP contribution in [0.25, 0.3) is 0 Å². The van der Waals surface area contributed by atoms with Crippen molar-refractivity contribution in [3.63, 3.8) is 0 Å². The Morgan fingerprint density at radius 2 is 1.79 bits per heavy atom. The van der Waals surface area contributed by atoms with Crippen molar-refractivity contribution in [2.24, 2.45) is 13.0 Å². The van der Waals surface area contributed by atoms with Gasteiger partial charge in [-0.15, -0.1) is 12.4 Å². The van der Waals surface area contributed by atoms with Gasteiger partial charge in [0, 0.05) is 26.2 Å². The van der Waals surface area contributed by atoms with Crippen LogP contribution in [0.2, 0.25) is 0 Å². The quantitative estimate of drug-likeness (QED) is 0.728. The number of aromatic nitrogens is 1. The average molecular weight is 347 g/mol. The number of halogens is 1. The number of benzene rings is 1. The number of carbonyl (C=O) groups is 1. The van der Waals surface area contributed by atoms with Crippen LogP contribution in [0.5, 0.6) is 0 Å². The molecule has 1 aliphatic rings. The summed E-state index contributed by atoms with van der Waals surface area (Å²) in [4.78, 5) is 14.8. The first-order chi connectivity index (χ1) is 11.2. The molecule has 1 aromatic heterocycles. The highest BCUT2D eigenvalue weighted by molar-refractivity contribution is 5.94. The zero-order valence-electron chi connectivity index (χ0n) is 14.4. The summed E-state index contributed by atoms with van der Waals surface area (Å²) in [5.41, 5.74) is 2.23. The molecule has 0 atom stereocenters. The van der Waals surface area contributed by atoms with E-state index in [0.29, 0.717) is 12.3 Å². The highest BCUT2D eigenvalue weighted by atomic mass is 35.5. The van der Waals surface area contributed by atoms with E-state index in [-0.39, 0.29) is 18.2 Å². The minimum atomic E-state index is 0. The third-order valence-corrected chi connectivity index (χ3v) is 4.97. The first-order valence-electron chi connectivity index (χ1n) is 8.63. The van der Waals surface area contributed by atoms with Crippen molar-refractivity contribution in [3.8, 4) is 0 Å². The molecule has 0 saturated carbocycles. The summed E-state index contributed by atoms with van der Waals surface area (Å²) in [6.45, 7) is 3.35. The van der Waals surface area contributed by atoms with Crippen LogP contribution in [-0.4, -0.2) is 28.3 Å². The summed E-state index contributed by atoms with van der Waals surface area (Å²) in [6, 6.07) is 14.5. The van der Waals surface area contributed by atoms with Gasteiger partial charge in [0.1, 0.15) is 0 Å². The molecule has 4 heteroatoms. The van der Waals surface area contributed by atoms with Crippen molar-refractivity contribution in [2.45, 2.75) is 32.2 Å². The second-order valence-electron chi connectivity index (χ2n) is 6.67. The lowest BCUT2D eigenvalue weighted by Gasteiger charge is -2.32. The number of nitrogens with zero attached hydrogens (tertiary/aromatic N) is 2. The van der Waals surface area contributed by atoms with Crippen LogP contribution in [0, 0.1) is 5.92 Å². The summed E-state index contributed by atoms with van der Waals surface area (Å²) in [6.07, 6.45) is 6.08. The summed E-state index contributed by atoms with van der Waals surface area (Å²) in [5.74, 6) is 0.982. The normalized spacial score (nSPS) is 15.9. The topological polar surface area (TPSA) is 25.2 Å². The molecule has 1 saturated heterocycles. The van der Waals surface area contributed by atoms with Crippen LogP contribution in [0.15, 0.2) is 48.7 Å². The van der Waals surface area contributed by atoms with Crippen molar-refractivity contribution < 1.29 is 4.79 Å². The van der Waals surface area contributed by atoms with E-state index in [4.69, 9.17) is 0 Å². The molecule has 0 unspecified atom stereocenters. The predicted molar refractivity (Wildman–Crippen MR) is 101 cm³/mol. The predicted octanol–water partition coefficient (Wildman–Crippen LogP) is 4.32. The number of Topliss-reactive ketones (excluding diaryl/α,β-unsaturated/α-hetero) is 1. The van der Waals surface area contributed by atoms with E-state index in [0.717, 1.165) is 31.7 Å². The fourth-order valence-corrected chi connectivity index (χ4v) is 3.49. The van der Waals surface area contributed by atoms with Crippen LogP contribution in [0.1, 0.15) is 41.7 Å². The van der Waals surface area contributed by atoms with E-state index < -0.39 is 0 Å². The summed E-state index contributed by atoms with van der Waals surface area (Å²) in [5, 5.41) is 0. The maximum atomic E-state index is 12.2. The molecule has 130 valence electrons. The van der Waals surface area contributed by atoms with Gasteiger partial charge in [-0.05, 0) is 56.0 Å². The molecule has 0 spiro atoms. The first-order valence-corrected chi connectivity index (χ1v) is 8.63. The van der Waals surface area contributed by atoms with Crippen molar-refractivity contribution in [1.82, 2.24) is 9.47 Å².